The second-order valence-electron chi connectivity index (χ2n) is 16.8. The van der Waals surface area contributed by atoms with E-state index >= 15 is 0 Å². The minimum absolute atomic E-state index is 0.0281. The molecule has 2 aromatic heterocycles. The molecule has 0 spiro atoms. The highest BCUT2D eigenvalue weighted by Crippen LogP contribution is 2.59. The van der Waals surface area contributed by atoms with Gasteiger partial charge in [-0.3, -0.25) is 14.5 Å². The van der Waals surface area contributed by atoms with Gasteiger partial charge in [0, 0.05) is 35.1 Å². The van der Waals surface area contributed by atoms with E-state index in [1.165, 1.54) is 41.7 Å². The Labute approximate surface area is 301 Å². The number of hydrogen-bond acceptors (Lipinski definition) is 7. The molecule has 6 aliphatic rings. The first kappa shape index (κ1) is 34.2. The maximum absolute atomic E-state index is 13.9. The van der Waals surface area contributed by atoms with Crippen LogP contribution in [0.1, 0.15) is 107 Å². The molecule has 2 N–H and O–H groups in total. The maximum Gasteiger partial charge on any atom is 0.410 e. The van der Waals surface area contributed by atoms with Gasteiger partial charge in [-0.2, -0.15) is 5.10 Å². The number of carbonyl (C=O) groups is 2. The van der Waals surface area contributed by atoms with Crippen molar-refractivity contribution in [1.29, 1.82) is 0 Å². The van der Waals surface area contributed by atoms with E-state index < -0.39 is 6.10 Å². The number of carbonyl (C=O) groups excluding carboxylic acids is 2. The third kappa shape index (κ3) is 6.42. The van der Waals surface area contributed by atoms with Gasteiger partial charge in [0.2, 0.25) is 5.91 Å². The summed E-state index contributed by atoms with van der Waals surface area (Å²) in [5.74, 6) is 0.831. The van der Waals surface area contributed by atoms with Crippen molar-refractivity contribution in [2.75, 3.05) is 25.5 Å². The Balaban J connectivity index is 1.01. The lowest BCUT2D eigenvalue weighted by molar-refractivity contribution is -0.121. The minimum Gasteiger partial charge on any atom is -0.496 e. The summed E-state index contributed by atoms with van der Waals surface area (Å²) in [6.07, 6.45) is 18.9. The third-order valence-electron chi connectivity index (χ3n) is 13.5. The zero-order chi connectivity index (χ0) is 35.4. The molecule has 2 amide bonds. The highest BCUT2D eigenvalue weighted by Gasteiger charge is 2.50. The number of ether oxygens (including phenoxy) is 2. The standard InChI is InChI=1S/C41H53N5O5/c1-27-21-30(7-10-35(27)50-3)41-17-14-40(15-18-41,16-19-41)22-33-34(11-20-42-36(33)29-23-43-46(24-29)39(2)12-4-13-39)44-37(48)28-5-8-32(9-6-28)51-38(49)45-25-31(47)26-45/h7,10-11,20-21,23-24,28,31-32,47H,4-6,8-9,12-19,22,25-26H2,1-3H3,(H,42,44,48). The van der Waals surface area contributed by atoms with Gasteiger partial charge in [-0.15, -0.1) is 0 Å². The Bertz CT molecular complexity index is 1760. The lowest BCUT2D eigenvalue weighted by atomic mass is 9.50. The number of likely N-dealkylation sites (tertiary alicyclic amines) is 1. The number of hydrogen-bond donors (Lipinski definition) is 2. The van der Waals surface area contributed by atoms with Gasteiger partial charge in [0.05, 0.1) is 43.7 Å². The van der Waals surface area contributed by atoms with Gasteiger partial charge < -0.3 is 24.8 Å². The molecule has 1 aromatic carbocycles. The van der Waals surface area contributed by atoms with Crippen molar-refractivity contribution >= 4 is 17.7 Å². The molecule has 3 heterocycles. The molecule has 2 bridgehead atoms. The van der Waals surface area contributed by atoms with Crippen LogP contribution in [0.5, 0.6) is 5.75 Å². The summed E-state index contributed by atoms with van der Waals surface area (Å²) < 4.78 is 13.4. The van der Waals surface area contributed by atoms with E-state index in [1.54, 1.807) is 7.11 Å². The van der Waals surface area contributed by atoms with Crippen molar-refractivity contribution in [3.63, 3.8) is 0 Å². The smallest absolute Gasteiger partial charge is 0.410 e. The van der Waals surface area contributed by atoms with Crippen LogP contribution in [0, 0.1) is 18.3 Å². The van der Waals surface area contributed by atoms with Gasteiger partial charge in [-0.1, -0.05) is 12.1 Å². The molecule has 10 heteroatoms. The number of anilines is 1. The number of methoxy groups -OCH3 is 1. The van der Waals surface area contributed by atoms with E-state index in [-0.39, 0.29) is 40.4 Å². The average molecular weight is 696 g/mol. The first-order valence-corrected chi connectivity index (χ1v) is 19.2. The number of benzene rings is 1. The van der Waals surface area contributed by atoms with Crippen LogP contribution in [0.3, 0.4) is 0 Å². The number of aliphatic hydroxyl groups is 1. The Morgan fingerprint density at radius 3 is 2.35 bits per heavy atom. The zero-order valence-electron chi connectivity index (χ0n) is 30.5. The molecular weight excluding hydrogens is 642 g/mol. The van der Waals surface area contributed by atoms with E-state index in [0.717, 1.165) is 66.8 Å². The van der Waals surface area contributed by atoms with E-state index in [9.17, 15) is 14.7 Å². The molecule has 1 aliphatic heterocycles. The number of fused-ring (bicyclic) bond motifs is 3. The second kappa shape index (κ2) is 13.2. The number of amides is 2. The summed E-state index contributed by atoms with van der Waals surface area (Å²) in [6.45, 7) is 5.08. The van der Waals surface area contributed by atoms with Crippen LogP contribution in [0.15, 0.2) is 42.9 Å². The molecule has 0 atom stereocenters. The fourth-order valence-corrected chi connectivity index (χ4v) is 9.74. The summed E-state index contributed by atoms with van der Waals surface area (Å²) in [6, 6.07) is 8.75. The van der Waals surface area contributed by atoms with E-state index in [2.05, 4.69) is 48.2 Å². The molecule has 9 rings (SSSR count). The van der Waals surface area contributed by atoms with Crippen LogP contribution in [0.2, 0.25) is 0 Å². The highest BCUT2D eigenvalue weighted by molar-refractivity contribution is 5.94. The molecule has 272 valence electrons. The number of β-amino-alcohol motifs (C(OH)–C–C–N with tert-alkyl or cyclic N) is 1. The monoisotopic (exact) mass is 695 g/mol. The number of aromatic nitrogens is 3. The van der Waals surface area contributed by atoms with Crippen molar-refractivity contribution in [2.45, 2.75) is 127 Å². The number of aliphatic hydroxyl groups excluding tert-OH is 1. The summed E-state index contributed by atoms with van der Waals surface area (Å²) in [5.41, 5.74) is 7.01. The normalized spacial score (nSPS) is 28.4. The largest absolute Gasteiger partial charge is 0.496 e. The zero-order valence-corrected chi connectivity index (χ0v) is 30.5. The van der Waals surface area contributed by atoms with Gasteiger partial charge in [-0.25, -0.2) is 4.79 Å². The highest BCUT2D eigenvalue weighted by atomic mass is 16.6. The van der Waals surface area contributed by atoms with Gasteiger partial charge in [0.1, 0.15) is 11.9 Å². The van der Waals surface area contributed by atoms with Crippen molar-refractivity contribution in [1.82, 2.24) is 19.7 Å². The van der Waals surface area contributed by atoms with Crippen LogP contribution in [0.25, 0.3) is 11.3 Å². The molecule has 1 saturated heterocycles. The van der Waals surface area contributed by atoms with E-state index in [4.69, 9.17) is 19.6 Å². The lowest BCUT2D eigenvalue weighted by Crippen LogP contribution is -2.54. The number of pyridine rings is 1. The fraction of sp³-hybridized carbons (Fsp3) is 0.610. The maximum atomic E-state index is 13.9. The Kier molecular flexibility index (Phi) is 8.88. The van der Waals surface area contributed by atoms with Crippen LogP contribution in [-0.4, -0.2) is 69.2 Å². The molecule has 10 nitrogen and oxygen atoms in total. The Morgan fingerprint density at radius 1 is 1.00 bits per heavy atom. The molecule has 5 saturated carbocycles. The average Bonchev–Trinajstić information content (AvgIpc) is 3.61. The van der Waals surface area contributed by atoms with Crippen molar-refractivity contribution in [3.05, 3.63) is 59.5 Å². The first-order chi connectivity index (χ1) is 24.6. The minimum atomic E-state index is -0.453. The number of nitrogens with one attached hydrogen (secondary N) is 1. The molecular formula is C41H53N5O5. The van der Waals surface area contributed by atoms with E-state index in [1.807, 2.05) is 18.5 Å². The summed E-state index contributed by atoms with van der Waals surface area (Å²) in [5, 5.41) is 17.7. The predicted octanol–water partition coefficient (Wildman–Crippen LogP) is 7.31. The molecule has 6 fully saturated rings. The van der Waals surface area contributed by atoms with Crippen LogP contribution in [-0.2, 0) is 26.9 Å². The number of nitrogens with zero attached hydrogens (tertiary/aromatic N) is 4. The molecule has 5 aliphatic carbocycles. The van der Waals surface area contributed by atoms with Crippen LogP contribution >= 0.6 is 0 Å². The molecule has 51 heavy (non-hydrogen) atoms. The summed E-state index contributed by atoms with van der Waals surface area (Å²) in [7, 11) is 1.74. The topological polar surface area (TPSA) is 119 Å². The Hall–Kier alpha value is -3.92. The van der Waals surface area contributed by atoms with Crippen LogP contribution in [0.4, 0.5) is 10.5 Å². The first-order valence-electron chi connectivity index (χ1n) is 19.2. The SMILES string of the molecule is COc1ccc(C23CCC(Cc4c(NC(=O)C5CCC(OC(=O)N6CC(O)C6)CC5)ccnc4-c4cnn(C5(C)CCC5)c4)(CC2)CC3)cc1C. The van der Waals surface area contributed by atoms with Gasteiger partial charge in [0.25, 0.3) is 0 Å². The Morgan fingerprint density at radius 2 is 1.73 bits per heavy atom. The molecule has 3 aromatic rings. The van der Waals surface area contributed by atoms with Crippen molar-refractivity contribution < 1.29 is 24.2 Å². The van der Waals surface area contributed by atoms with Gasteiger partial charge in [0.15, 0.2) is 0 Å². The van der Waals surface area contributed by atoms with E-state index in [0.29, 0.717) is 38.8 Å². The predicted molar refractivity (Wildman–Crippen MR) is 195 cm³/mol. The quantitative estimate of drug-likeness (QED) is 0.241. The van der Waals surface area contributed by atoms with Crippen molar-refractivity contribution in [2.24, 2.45) is 11.3 Å². The number of rotatable bonds is 9. The molecule has 0 radical (unpaired) electrons. The van der Waals surface area contributed by atoms with Gasteiger partial charge >= 0.3 is 6.09 Å². The lowest BCUT2D eigenvalue weighted by Gasteiger charge is -2.54. The summed E-state index contributed by atoms with van der Waals surface area (Å²) in [4.78, 5) is 32.8. The van der Waals surface area contributed by atoms with Crippen molar-refractivity contribution in [3.8, 4) is 17.0 Å². The second-order valence-corrected chi connectivity index (χ2v) is 16.8. The fourth-order valence-electron chi connectivity index (χ4n) is 9.74. The summed E-state index contributed by atoms with van der Waals surface area (Å²) >= 11 is 0. The number of aryl methyl sites for hydroxylation is 1. The van der Waals surface area contributed by atoms with Crippen LogP contribution < -0.4 is 10.1 Å². The van der Waals surface area contributed by atoms with Gasteiger partial charge in [-0.05, 0) is 138 Å². The molecule has 0 unspecified atom stereocenters. The third-order valence-corrected chi connectivity index (χ3v) is 13.5.